The molecule has 1 heterocycles. The van der Waals surface area contributed by atoms with Crippen LogP contribution in [0.2, 0.25) is 0 Å². The molecule has 0 bridgehead atoms. The number of benzene rings is 1. The highest BCUT2D eigenvalue weighted by Gasteiger charge is 2.55. The first-order valence-electron chi connectivity index (χ1n) is 7.91. The number of nitrogens with one attached hydrogen (secondary N) is 1. The van der Waals surface area contributed by atoms with Gasteiger partial charge in [0.05, 0.1) is 24.0 Å². The molecule has 1 aromatic heterocycles. The van der Waals surface area contributed by atoms with Gasteiger partial charge < -0.3 is 0 Å². The Bertz CT molecular complexity index is 732. The maximum Gasteiger partial charge on any atom is 0.406 e. The van der Waals surface area contributed by atoms with Crippen molar-refractivity contribution in [3.8, 4) is 17.5 Å². The molecular formula is C18H18F3N3. The Labute approximate surface area is 138 Å². The van der Waals surface area contributed by atoms with Gasteiger partial charge >= 0.3 is 6.18 Å². The van der Waals surface area contributed by atoms with Crippen LogP contribution in [0.1, 0.15) is 31.2 Å². The first-order valence-corrected chi connectivity index (χ1v) is 7.91. The lowest BCUT2D eigenvalue weighted by atomic mass is 9.97. The lowest BCUT2D eigenvalue weighted by molar-refractivity contribution is -0.194. The molecule has 1 fully saturated rings. The van der Waals surface area contributed by atoms with E-state index in [2.05, 4.69) is 22.3 Å². The lowest BCUT2D eigenvalue weighted by Crippen LogP contribution is -2.54. The average molecular weight is 333 g/mol. The number of alkyl halides is 3. The highest BCUT2D eigenvalue weighted by Crippen LogP contribution is 2.42. The molecule has 2 aromatic rings. The van der Waals surface area contributed by atoms with Crippen molar-refractivity contribution in [2.75, 3.05) is 6.54 Å². The zero-order valence-electron chi connectivity index (χ0n) is 13.1. The van der Waals surface area contributed by atoms with Crippen LogP contribution >= 0.6 is 0 Å². The van der Waals surface area contributed by atoms with Crippen molar-refractivity contribution in [1.29, 1.82) is 0 Å². The molecule has 0 spiro atoms. The highest BCUT2D eigenvalue weighted by molar-refractivity contribution is 5.36. The van der Waals surface area contributed by atoms with Crippen LogP contribution in [0.4, 0.5) is 13.2 Å². The maximum atomic E-state index is 13.2. The van der Waals surface area contributed by atoms with E-state index >= 15 is 0 Å². The summed E-state index contributed by atoms with van der Waals surface area (Å²) in [6.07, 6.45) is 0.595. The third kappa shape index (κ3) is 3.46. The van der Waals surface area contributed by atoms with Crippen LogP contribution < -0.4 is 5.32 Å². The van der Waals surface area contributed by atoms with Gasteiger partial charge in [0.1, 0.15) is 5.54 Å². The molecule has 0 saturated heterocycles. The van der Waals surface area contributed by atoms with E-state index in [0.717, 1.165) is 5.69 Å². The van der Waals surface area contributed by atoms with Gasteiger partial charge in [0, 0.05) is 6.20 Å². The standard InChI is InChI=1S/C18H18F3N3/c19-18(20,21)17(10-4-5-11-17)22-12-6-7-15-13-23-24(14-15)16-8-2-1-3-9-16/h1-3,8-9,13-14,22H,4-5,10-12H2. The zero-order valence-corrected chi connectivity index (χ0v) is 13.1. The van der Waals surface area contributed by atoms with Gasteiger partial charge in [-0.25, -0.2) is 4.68 Å². The molecule has 0 aliphatic heterocycles. The summed E-state index contributed by atoms with van der Waals surface area (Å²) < 4.78 is 41.4. The predicted molar refractivity (Wildman–Crippen MR) is 85.7 cm³/mol. The van der Waals surface area contributed by atoms with Crippen molar-refractivity contribution in [3.05, 3.63) is 48.3 Å². The number of hydrogen-bond donors (Lipinski definition) is 1. The van der Waals surface area contributed by atoms with Gasteiger partial charge in [-0.05, 0) is 25.0 Å². The Balaban J connectivity index is 1.63. The normalized spacial score (nSPS) is 16.6. The van der Waals surface area contributed by atoms with Crippen LogP contribution in [0.3, 0.4) is 0 Å². The second-order valence-electron chi connectivity index (χ2n) is 5.95. The molecule has 0 radical (unpaired) electrons. The molecule has 1 aliphatic rings. The molecule has 1 N–H and O–H groups in total. The first kappa shape index (κ1) is 16.6. The van der Waals surface area contributed by atoms with Crippen LogP contribution in [0.15, 0.2) is 42.7 Å². The molecule has 1 aromatic carbocycles. The van der Waals surface area contributed by atoms with Crippen LogP contribution in [0.25, 0.3) is 5.69 Å². The lowest BCUT2D eigenvalue weighted by Gasteiger charge is -2.32. The third-order valence-electron chi connectivity index (χ3n) is 4.35. The Morgan fingerprint density at radius 3 is 2.54 bits per heavy atom. The smallest absolute Gasteiger partial charge is 0.293 e. The number of halogens is 3. The van der Waals surface area contributed by atoms with Gasteiger partial charge in [-0.1, -0.05) is 42.9 Å². The van der Waals surface area contributed by atoms with Crippen LogP contribution in [-0.2, 0) is 0 Å². The maximum absolute atomic E-state index is 13.2. The minimum absolute atomic E-state index is 0.00995. The second kappa shape index (κ2) is 6.70. The van der Waals surface area contributed by atoms with Crippen molar-refractivity contribution >= 4 is 0 Å². The molecule has 1 saturated carbocycles. The zero-order chi connectivity index (χ0) is 17.0. The SMILES string of the molecule is FC(F)(F)C1(NCC#Cc2cnn(-c3ccccc3)c2)CCCC1. The van der Waals surface area contributed by atoms with E-state index < -0.39 is 11.7 Å². The monoisotopic (exact) mass is 333 g/mol. The minimum atomic E-state index is -4.23. The Kier molecular flexibility index (Phi) is 4.63. The van der Waals surface area contributed by atoms with Crippen molar-refractivity contribution in [2.24, 2.45) is 0 Å². The van der Waals surface area contributed by atoms with E-state index in [-0.39, 0.29) is 19.4 Å². The minimum Gasteiger partial charge on any atom is -0.293 e. The summed E-state index contributed by atoms with van der Waals surface area (Å²) in [4.78, 5) is 0. The molecule has 0 atom stereocenters. The predicted octanol–water partition coefficient (Wildman–Crippen LogP) is 3.69. The highest BCUT2D eigenvalue weighted by atomic mass is 19.4. The summed E-state index contributed by atoms with van der Waals surface area (Å²) in [6.45, 7) is 0.00995. The Hall–Kier alpha value is -2.26. The Morgan fingerprint density at radius 2 is 1.88 bits per heavy atom. The first-order chi connectivity index (χ1) is 11.5. The molecule has 0 unspecified atom stereocenters. The van der Waals surface area contributed by atoms with Crippen molar-refractivity contribution in [2.45, 2.75) is 37.4 Å². The van der Waals surface area contributed by atoms with Gasteiger partial charge in [0.25, 0.3) is 0 Å². The van der Waals surface area contributed by atoms with Crippen molar-refractivity contribution in [1.82, 2.24) is 15.1 Å². The molecule has 3 nitrogen and oxygen atoms in total. The fraction of sp³-hybridized carbons (Fsp3) is 0.389. The van der Waals surface area contributed by atoms with Gasteiger partial charge in [-0.15, -0.1) is 0 Å². The summed E-state index contributed by atoms with van der Waals surface area (Å²) >= 11 is 0. The van der Waals surface area contributed by atoms with Gasteiger partial charge in [0.2, 0.25) is 0 Å². The van der Waals surface area contributed by atoms with E-state index in [1.807, 2.05) is 30.3 Å². The molecule has 3 rings (SSSR count). The topological polar surface area (TPSA) is 29.9 Å². The summed E-state index contributed by atoms with van der Waals surface area (Å²) in [7, 11) is 0. The molecule has 0 amide bonds. The number of aromatic nitrogens is 2. The number of nitrogens with zero attached hydrogens (tertiary/aromatic N) is 2. The van der Waals surface area contributed by atoms with Gasteiger partial charge in [0.15, 0.2) is 0 Å². The quantitative estimate of drug-likeness (QED) is 0.868. The van der Waals surface area contributed by atoms with E-state index in [9.17, 15) is 13.2 Å². The molecule has 24 heavy (non-hydrogen) atoms. The summed E-state index contributed by atoms with van der Waals surface area (Å²) in [5.74, 6) is 5.64. The molecular weight excluding hydrogens is 315 g/mol. The Morgan fingerprint density at radius 1 is 1.17 bits per heavy atom. The van der Waals surface area contributed by atoms with E-state index in [0.29, 0.717) is 18.4 Å². The largest absolute Gasteiger partial charge is 0.406 e. The van der Waals surface area contributed by atoms with Crippen LogP contribution in [0, 0.1) is 11.8 Å². The van der Waals surface area contributed by atoms with Crippen molar-refractivity contribution in [3.63, 3.8) is 0 Å². The van der Waals surface area contributed by atoms with Gasteiger partial charge in [-0.2, -0.15) is 18.3 Å². The van der Waals surface area contributed by atoms with E-state index in [1.165, 1.54) is 0 Å². The summed E-state index contributed by atoms with van der Waals surface area (Å²) in [5.41, 5.74) is -0.186. The molecule has 6 heteroatoms. The summed E-state index contributed by atoms with van der Waals surface area (Å²) in [6, 6.07) is 9.56. The molecule has 1 aliphatic carbocycles. The van der Waals surface area contributed by atoms with Crippen LogP contribution in [0.5, 0.6) is 0 Å². The van der Waals surface area contributed by atoms with Crippen LogP contribution in [-0.4, -0.2) is 28.0 Å². The number of para-hydroxylation sites is 1. The fourth-order valence-corrected chi connectivity index (χ4v) is 3.01. The van der Waals surface area contributed by atoms with E-state index in [4.69, 9.17) is 0 Å². The van der Waals surface area contributed by atoms with Gasteiger partial charge in [-0.3, -0.25) is 5.32 Å². The van der Waals surface area contributed by atoms with E-state index in [1.54, 1.807) is 17.1 Å². The van der Waals surface area contributed by atoms with Crippen molar-refractivity contribution < 1.29 is 13.2 Å². The summed E-state index contributed by atoms with van der Waals surface area (Å²) in [5, 5.41) is 6.83. The molecule has 126 valence electrons. The third-order valence-corrected chi connectivity index (χ3v) is 4.35. The number of hydrogen-bond acceptors (Lipinski definition) is 2. The fourth-order valence-electron chi connectivity index (χ4n) is 3.01. The second-order valence-corrected chi connectivity index (χ2v) is 5.95. The average Bonchev–Trinajstić information content (AvgIpc) is 3.22. The number of rotatable bonds is 3.